The number of alkyl halides is 3. The smallest absolute Gasteiger partial charge is 0.416 e. The number of halogens is 3. The van der Waals surface area contributed by atoms with E-state index in [1.165, 1.54) is 14.2 Å². The molecule has 0 fully saturated rings. The van der Waals surface area contributed by atoms with Crippen LogP contribution in [0.4, 0.5) is 13.2 Å². The summed E-state index contributed by atoms with van der Waals surface area (Å²) in [5.41, 5.74) is 4.14. The number of hydrogen-bond acceptors (Lipinski definition) is 4. The highest BCUT2D eigenvalue weighted by Crippen LogP contribution is 2.41. The number of rotatable bonds is 5. The van der Waals surface area contributed by atoms with Crippen molar-refractivity contribution < 1.29 is 32.5 Å². The molecular weight excluding hydrogens is 279 g/mol. The molecule has 0 bridgehead atoms. The summed E-state index contributed by atoms with van der Waals surface area (Å²) in [5.74, 6) is -1.34. The van der Waals surface area contributed by atoms with E-state index in [4.69, 9.17) is 20.3 Å². The molecule has 112 valence electrons. The van der Waals surface area contributed by atoms with Crippen LogP contribution in [-0.2, 0) is 11.0 Å². The maximum absolute atomic E-state index is 13.0. The van der Waals surface area contributed by atoms with Gasteiger partial charge in [0, 0.05) is 6.04 Å². The van der Waals surface area contributed by atoms with Gasteiger partial charge in [0.25, 0.3) is 0 Å². The topological polar surface area (TPSA) is 81.8 Å². The van der Waals surface area contributed by atoms with E-state index in [2.05, 4.69) is 0 Å². The summed E-state index contributed by atoms with van der Waals surface area (Å²) in [6.07, 6.45) is -5.30. The normalized spacial score (nSPS) is 12.9. The first-order valence-electron chi connectivity index (χ1n) is 5.51. The van der Waals surface area contributed by atoms with Crippen molar-refractivity contribution in [2.24, 2.45) is 5.73 Å². The zero-order chi connectivity index (χ0) is 15.5. The second kappa shape index (κ2) is 6.00. The Morgan fingerprint density at radius 3 is 2.20 bits per heavy atom. The highest BCUT2D eigenvalue weighted by molar-refractivity contribution is 5.68. The van der Waals surface area contributed by atoms with Gasteiger partial charge in [-0.1, -0.05) is 0 Å². The zero-order valence-electron chi connectivity index (χ0n) is 10.8. The molecule has 1 aromatic carbocycles. The average Bonchev–Trinajstić information content (AvgIpc) is 2.35. The molecule has 0 amide bonds. The third-order valence-corrected chi connectivity index (χ3v) is 2.66. The lowest BCUT2D eigenvalue weighted by atomic mass is 9.97. The molecule has 0 aliphatic rings. The largest absolute Gasteiger partial charge is 0.493 e. The molecule has 0 saturated carbocycles. The van der Waals surface area contributed by atoms with E-state index in [1.54, 1.807) is 0 Å². The van der Waals surface area contributed by atoms with E-state index in [9.17, 15) is 18.0 Å². The van der Waals surface area contributed by atoms with E-state index in [1.807, 2.05) is 0 Å². The van der Waals surface area contributed by atoms with Crippen LogP contribution in [0.1, 0.15) is 23.6 Å². The number of methoxy groups -OCH3 is 2. The number of nitrogens with two attached hydrogens (primary N) is 1. The summed E-state index contributed by atoms with van der Waals surface area (Å²) in [6.45, 7) is 0. The van der Waals surface area contributed by atoms with Crippen molar-refractivity contribution in [3.8, 4) is 11.5 Å². The Bertz CT molecular complexity index is 502. The van der Waals surface area contributed by atoms with Crippen molar-refractivity contribution in [2.75, 3.05) is 14.2 Å². The Hall–Kier alpha value is -1.96. The summed E-state index contributed by atoms with van der Waals surface area (Å²) >= 11 is 0. The Labute approximate surface area is 113 Å². The molecule has 8 heteroatoms. The lowest BCUT2D eigenvalue weighted by molar-refractivity contribution is -0.140. The first-order valence-corrected chi connectivity index (χ1v) is 5.51. The predicted molar refractivity (Wildman–Crippen MR) is 63.7 cm³/mol. The molecule has 0 saturated heterocycles. The van der Waals surface area contributed by atoms with Gasteiger partial charge in [0.2, 0.25) is 0 Å². The quantitative estimate of drug-likeness (QED) is 0.869. The molecule has 0 spiro atoms. The molecule has 1 rings (SSSR count). The number of benzene rings is 1. The standard InChI is InChI=1S/C12H14F3NO4/c1-19-9-3-6(8(16)5-11(17)18)7(12(13,14)15)4-10(9)20-2/h3-4,8H,5,16H2,1-2H3,(H,17,18). The lowest BCUT2D eigenvalue weighted by Gasteiger charge is -2.20. The molecule has 0 aliphatic carbocycles. The summed E-state index contributed by atoms with van der Waals surface area (Å²) in [5, 5.41) is 8.65. The lowest BCUT2D eigenvalue weighted by Crippen LogP contribution is -2.20. The molecule has 1 aromatic rings. The van der Waals surface area contributed by atoms with Crippen LogP contribution in [0.25, 0.3) is 0 Å². The summed E-state index contributed by atoms with van der Waals surface area (Å²) in [7, 11) is 2.46. The third-order valence-electron chi connectivity index (χ3n) is 2.66. The first kappa shape index (κ1) is 16.1. The second-order valence-electron chi connectivity index (χ2n) is 4.00. The average molecular weight is 293 g/mol. The fraction of sp³-hybridized carbons (Fsp3) is 0.417. The summed E-state index contributed by atoms with van der Waals surface area (Å²) in [4.78, 5) is 10.6. The van der Waals surface area contributed by atoms with Crippen LogP contribution in [-0.4, -0.2) is 25.3 Å². The minimum Gasteiger partial charge on any atom is -0.493 e. The third kappa shape index (κ3) is 3.53. The summed E-state index contributed by atoms with van der Waals surface area (Å²) in [6, 6.07) is 0.495. The van der Waals surface area contributed by atoms with Gasteiger partial charge in [0.05, 0.1) is 26.2 Å². The van der Waals surface area contributed by atoms with Gasteiger partial charge >= 0.3 is 12.1 Å². The van der Waals surface area contributed by atoms with Gasteiger partial charge in [0.15, 0.2) is 11.5 Å². The maximum Gasteiger partial charge on any atom is 0.416 e. The predicted octanol–water partition coefficient (Wildman–Crippen LogP) is 2.20. The van der Waals surface area contributed by atoms with Crippen molar-refractivity contribution >= 4 is 5.97 Å². The van der Waals surface area contributed by atoms with E-state index in [0.29, 0.717) is 0 Å². The maximum atomic E-state index is 13.0. The SMILES string of the molecule is COc1cc(C(N)CC(=O)O)c(C(F)(F)F)cc1OC. The highest BCUT2D eigenvalue weighted by atomic mass is 19.4. The molecule has 1 unspecified atom stereocenters. The van der Waals surface area contributed by atoms with Gasteiger partial charge in [-0.2, -0.15) is 13.2 Å². The molecule has 3 N–H and O–H groups in total. The van der Waals surface area contributed by atoms with Crippen LogP contribution in [0.15, 0.2) is 12.1 Å². The van der Waals surface area contributed by atoms with Crippen molar-refractivity contribution in [3.05, 3.63) is 23.3 Å². The van der Waals surface area contributed by atoms with Gasteiger partial charge < -0.3 is 20.3 Å². The van der Waals surface area contributed by atoms with Gasteiger partial charge in [-0.25, -0.2) is 0 Å². The van der Waals surface area contributed by atoms with Crippen LogP contribution in [0.3, 0.4) is 0 Å². The number of ether oxygens (including phenoxy) is 2. The van der Waals surface area contributed by atoms with Crippen molar-refractivity contribution in [2.45, 2.75) is 18.6 Å². The number of aliphatic carboxylic acids is 1. The zero-order valence-corrected chi connectivity index (χ0v) is 10.8. The highest BCUT2D eigenvalue weighted by Gasteiger charge is 2.36. The van der Waals surface area contributed by atoms with E-state index in [0.717, 1.165) is 12.1 Å². The van der Waals surface area contributed by atoms with Gasteiger partial charge in [0.1, 0.15) is 0 Å². The molecule has 1 atom stereocenters. The van der Waals surface area contributed by atoms with Gasteiger partial charge in [-0.05, 0) is 17.7 Å². The molecule has 0 heterocycles. The van der Waals surface area contributed by atoms with E-state index >= 15 is 0 Å². The molecular formula is C12H14F3NO4. The molecule has 0 aliphatic heterocycles. The first-order chi connectivity index (χ1) is 9.20. The fourth-order valence-corrected chi connectivity index (χ4v) is 1.75. The molecule has 20 heavy (non-hydrogen) atoms. The monoisotopic (exact) mass is 293 g/mol. The van der Waals surface area contributed by atoms with Crippen molar-refractivity contribution in [3.63, 3.8) is 0 Å². The Kier molecular flexibility index (Phi) is 4.83. The molecule has 5 nitrogen and oxygen atoms in total. The number of carboxylic acids is 1. The minimum atomic E-state index is -4.68. The second-order valence-corrected chi connectivity index (χ2v) is 4.00. The van der Waals surface area contributed by atoms with Gasteiger partial charge in [-0.3, -0.25) is 4.79 Å². The van der Waals surface area contributed by atoms with Crippen LogP contribution in [0.5, 0.6) is 11.5 Å². The fourth-order valence-electron chi connectivity index (χ4n) is 1.75. The molecule has 0 aromatic heterocycles. The van der Waals surface area contributed by atoms with Crippen molar-refractivity contribution in [1.29, 1.82) is 0 Å². The van der Waals surface area contributed by atoms with Gasteiger partial charge in [-0.15, -0.1) is 0 Å². The summed E-state index contributed by atoms with van der Waals surface area (Å²) < 4.78 is 48.7. The number of carbonyl (C=O) groups is 1. The van der Waals surface area contributed by atoms with Crippen LogP contribution >= 0.6 is 0 Å². The number of carboxylic acid groups (broad SMARTS) is 1. The van der Waals surface area contributed by atoms with Crippen LogP contribution in [0.2, 0.25) is 0 Å². The number of hydrogen-bond donors (Lipinski definition) is 2. The van der Waals surface area contributed by atoms with E-state index < -0.39 is 30.2 Å². The Morgan fingerprint density at radius 2 is 1.80 bits per heavy atom. The Morgan fingerprint density at radius 1 is 1.30 bits per heavy atom. The molecule has 0 radical (unpaired) electrons. The minimum absolute atomic E-state index is 0.0522. The van der Waals surface area contributed by atoms with Crippen LogP contribution < -0.4 is 15.2 Å². The Balaban J connectivity index is 3.42. The van der Waals surface area contributed by atoms with E-state index in [-0.39, 0.29) is 17.1 Å². The van der Waals surface area contributed by atoms with Crippen molar-refractivity contribution in [1.82, 2.24) is 0 Å². The van der Waals surface area contributed by atoms with Crippen LogP contribution in [0, 0.1) is 0 Å².